The number of nitrogens with one attached hydrogen (secondary N) is 1. The van der Waals surface area contributed by atoms with E-state index in [1.54, 1.807) is 24.3 Å². The molecule has 0 amide bonds. The van der Waals surface area contributed by atoms with Gasteiger partial charge in [-0.25, -0.2) is 13.6 Å². The van der Waals surface area contributed by atoms with Crippen LogP contribution >= 0.6 is 0 Å². The fraction of sp³-hybridized carbons (Fsp3) is 0.0909. The standard InChI is InChI=1S/C22H20N4O4S/c23-31(29,30)19-7-2-1-5-17(19)25-26-21-20-15(4-3-6-18(20)24-22(21)28)11-8-14-9-12-16(27)13-10-14/h1-7,9-10,12-13,24,27-28H,8,11H2,(H2,23,29,30). The number of aromatic amines is 1. The molecule has 0 saturated heterocycles. The quantitative estimate of drug-likeness (QED) is 0.332. The molecule has 4 aromatic rings. The van der Waals surface area contributed by atoms with E-state index in [2.05, 4.69) is 15.2 Å². The second-order valence-corrected chi connectivity index (χ2v) is 8.57. The lowest BCUT2D eigenvalue weighted by molar-refractivity contribution is 0.459. The molecule has 1 aromatic heterocycles. The minimum absolute atomic E-state index is 0.0836. The van der Waals surface area contributed by atoms with Crippen molar-refractivity contribution in [3.05, 3.63) is 77.9 Å². The molecule has 0 unspecified atom stereocenters. The summed E-state index contributed by atoms with van der Waals surface area (Å²) in [4.78, 5) is 2.73. The zero-order valence-corrected chi connectivity index (χ0v) is 17.2. The molecular formula is C22H20N4O4S. The van der Waals surface area contributed by atoms with Crippen LogP contribution in [0.2, 0.25) is 0 Å². The van der Waals surface area contributed by atoms with Gasteiger partial charge in [0, 0.05) is 5.39 Å². The van der Waals surface area contributed by atoms with Crippen LogP contribution in [0.15, 0.2) is 81.9 Å². The second-order valence-electron chi connectivity index (χ2n) is 7.04. The van der Waals surface area contributed by atoms with Gasteiger partial charge in [-0.15, -0.1) is 10.2 Å². The smallest absolute Gasteiger partial charge is 0.240 e. The van der Waals surface area contributed by atoms with E-state index in [9.17, 15) is 18.6 Å². The number of rotatable bonds is 6. The molecule has 158 valence electrons. The highest BCUT2D eigenvalue weighted by Crippen LogP contribution is 2.39. The molecule has 4 rings (SSSR count). The Kier molecular flexibility index (Phi) is 5.45. The number of primary sulfonamides is 1. The fourth-order valence-corrected chi connectivity index (χ4v) is 4.09. The molecule has 0 radical (unpaired) electrons. The zero-order chi connectivity index (χ0) is 22.0. The highest BCUT2D eigenvalue weighted by atomic mass is 32.2. The molecule has 3 aromatic carbocycles. The summed E-state index contributed by atoms with van der Waals surface area (Å²) in [5, 5.41) is 34.0. The van der Waals surface area contributed by atoms with Crippen LogP contribution in [0, 0.1) is 0 Å². The third-order valence-corrected chi connectivity index (χ3v) is 5.87. The first-order valence-corrected chi connectivity index (χ1v) is 11.0. The molecule has 8 nitrogen and oxygen atoms in total. The van der Waals surface area contributed by atoms with Gasteiger partial charge in [-0.2, -0.15) is 0 Å². The number of aromatic nitrogens is 1. The monoisotopic (exact) mass is 436 g/mol. The van der Waals surface area contributed by atoms with E-state index < -0.39 is 10.0 Å². The molecule has 31 heavy (non-hydrogen) atoms. The molecule has 0 saturated carbocycles. The highest BCUT2D eigenvalue weighted by molar-refractivity contribution is 7.89. The van der Waals surface area contributed by atoms with Crippen LogP contribution in [-0.2, 0) is 22.9 Å². The van der Waals surface area contributed by atoms with Gasteiger partial charge in [0.25, 0.3) is 0 Å². The van der Waals surface area contributed by atoms with Crippen molar-refractivity contribution >= 4 is 32.3 Å². The molecule has 0 bridgehead atoms. The molecular weight excluding hydrogens is 416 g/mol. The van der Waals surface area contributed by atoms with Gasteiger partial charge < -0.3 is 15.2 Å². The van der Waals surface area contributed by atoms with Gasteiger partial charge in [-0.05, 0) is 54.3 Å². The number of hydrogen-bond donors (Lipinski definition) is 4. The lowest BCUT2D eigenvalue weighted by Gasteiger charge is -2.05. The van der Waals surface area contributed by atoms with Crippen LogP contribution in [0.25, 0.3) is 10.9 Å². The number of sulfonamides is 1. The van der Waals surface area contributed by atoms with E-state index >= 15 is 0 Å². The van der Waals surface area contributed by atoms with E-state index in [4.69, 9.17) is 5.14 Å². The Balaban J connectivity index is 1.71. The predicted octanol–water partition coefficient (Wildman–Crippen LogP) is 4.43. The lowest BCUT2D eigenvalue weighted by Crippen LogP contribution is -2.12. The minimum atomic E-state index is -3.97. The maximum Gasteiger partial charge on any atom is 0.240 e. The predicted molar refractivity (Wildman–Crippen MR) is 117 cm³/mol. The summed E-state index contributed by atoms with van der Waals surface area (Å²) in [6.45, 7) is 0. The Hall–Kier alpha value is -3.69. The van der Waals surface area contributed by atoms with Gasteiger partial charge in [0.15, 0.2) is 5.69 Å². The number of nitrogens with zero attached hydrogens (tertiary/aromatic N) is 2. The summed E-state index contributed by atoms with van der Waals surface area (Å²) in [5.41, 5.74) is 2.99. The number of phenols is 1. The van der Waals surface area contributed by atoms with Gasteiger partial charge in [0.1, 0.15) is 16.3 Å². The summed E-state index contributed by atoms with van der Waals surface area (Å²) in [6.07, 6.45) is 1.38. The minimum Gasteiger partial charge on any atom is -0.508 e. The SMILES string of the molecule is NS(=O)(=O)c1ccccc1N=Nc1c(O)[nH]c2cccc(CCc3ccc(O)cc3)c12. The number of aromatic hydroxyl groups is 2. The van der Waals surface area contributed by atoms with E-state index in [-0.39, 0.29) is 27.9 Å². The number of hydrogen-bond acceptors (Lipinski definition) is 6. The fourth-order valence-electron chi connectivity index (χ4n) is 3.42. The van der Waals surface area contributed by atoms with E-state index in [0.717, 1.165) is 17.5 Å². The van der Waals surface area contributed by atoms with Crippen LogP contribution in [0.1, 0.15) is 11.1 Å². The van der Waals surface area contributed by atoms with Crippen molar-refractivity contribution < 1.29 is 18.6 Å². The Morgan fingerprint density at radius 3 is 2.35 bits per heavy atom. The average molecular weight is 436 g/mol. The van der Waals surface area contributed by atoms with Crippen LogP contribution in [0.4, 0.5) is 11.4 Å². The first kappa shape index (κ1) is 20.6. The van der Waals surface area contributed by atoms with Crippen LogP contribution in [0.5, 0.6) is 11.6 Å². The molecule has 0 spiro atoms. The largest absolute Gasteiger partial charge is 0.508 e. The molecule has 1 heterocycles. The molecule has 0 fully saturated rings. The molecule has 0 atom stereocenters. The van der Waals surface area contributed by atoms with Crippen LogP contribution in [-0.4, -0.2) is 23.6 Å². The van der Waals surface area contributed by atoms with Crippen molar-refractivity contribution in [2.45, 2.75) is 17.7 Å². The maximum atomic E-state index is 11.8. The Bertz CT molecular complexity index is 1380. The topological polar surface area (TPSA) is 141 Å². The average Bonchev–Trinajstić information content (AvgIpc) is 3.07. The number of H-pyrrole nitrogens is 1. The number of nitrogens with two attached hydrogens (primary N) is 1. The molecule has 0 aliphatic rings. The first-order valence-electron chi connectivity index (χ1n) is 9.47. The third-order valence-electron chi connectivity index (χ3n) is 4.91. The van der Waals surface area contributed by atoms with Gasteiger partial charge in [0.05, 0.1) is 5.52 Å². The van der Waals surface area contributed by atoms with Crippen LogP contribution < -0.4 is 5.14 Å². The summed E-state index contributed by atoms with van der Waals surface area (Å²) in [6, 6.07) is 18.6. The number of phenolic OH excluding ortho intramolecular Hbond substituents is 1. The van der Waals surface area contributed by atoms with Gasteiger partial charge in [-0.3, -0.25) is 0 Å². The second kappa shape index (κ2) is 8.21. The molecule has 0 aliphatic carbocycles. The lowest BCUT2D eigenvalue weighted by atomic mass is 10.0. The highest BCUT2D eigenvalue weighted by Gasteiger charge is 2.16. The molecule has 9 heteroatoms. The molecule has 0 aliphatic heterocycles. The number of benzene rings is 3. The summed E-state index contributed by atoms with van der Waals surface area (Å²) >= 11 is 0. The zero-order valence-electron chi connectivity index (χ0n) is 16.4. The van der Waals surface area contributed by atoms with E-state index in [1.165, 1.54) is 12.1 Å². The first-order chi connectivity index (χ1) is 14.8. The van der Waals surface area contributed by atoms with E-state index in [1.807, 2.05) is 30.3 Å². The van der Waals surface area contributed by atoms with Gasteiger partial charge in [-0.1, -0.05) is 36.4 Å². The summed E-state index contributed by atoms with van der Waals surface area (Å²) < 4.78 is 23.6. The van der Waals surface area contributed by atoms with Crippen molar-refractivity contribution in [2.75, 3.05) is 0 Å². The van der Waals surface area contributed by atoms with Crippen molar-refractivity contribution in [1.82, 2.24) is 4.98 Å². The maximum absolute atomic E-state index is 11.8. The van der Waals surface area contributed by atoms with Gasteiger partial charge >= 0.3 is 0 Å². The normalized spacial score (nSPS) is 12.0. The van der Waals surface area contributed by atoms with E-state index in [0.29, 0.717) is 17.3 Å². The summed E-state index contributed by atoms with van der Waals surface area (Å²) in [5.74, 6) is 0.0489. The number of aryl methyl sites for hydroxylation is 2. The number of fused-ring (bicyclic) bond motifs is 1. The van der Waals surface area contributed by atoms with Crippen LogP contribution in [0.3, 0.4) is 0 Å². The van der Waals surface area contributed by atoms with Gasteiger partial charge in [0.2, 0.25) is 15.9 Å². The molecule has 5 N–H and O–H groups in total. The Morgan fingerprint density at radius 2 is 1.61 bits per heavy atom. The third kappa shape index (κ3) is 4.42. The Labute approximate surface area is 178 Å². The van der Waals surface area contributed by atoms with Crippen molar-refractivity contribution in [3.8, 4) is 11.6 Å². The summed E-state index contributed by atoms with van der Waals surface area (Å²) in [7, 11) is -3.97. The Morgan fingerprint density at radius 1 is 0.871 bits per heavy atom. The van der Waals surface area contributed by atoms with Crippen molar-refractivity contribution in [3.63, 3.8) is 0 Å². The van der Waals surface area contributed by atoms with Crippen molar-refractivity contribution in [2.24, 2.45) is 15.4 Å². The van der Waals surface area contributed by atoms with Crippen molar-refractivity contribution in [1.29, 1.82) is 0 Å². The number of azo groups is 1.